The molecule has 0 spiro atoms. The lowest BCUT2D eigenvalue weighted by molar-refractivity contribution is -0.114. The number of benzene rings is 1. The molecule has 0 saturated heterocycles. The van der Waals surface area contributed by atoms with Gasteiger partial charge in [0.2, 0.25) is 0 Å². The molecule has 1 saturated carbocycles. The number of allylic oxidation sites excluding steroid dienone is 2. The Bertz CT molecular complexity index is 656. The van der Waals surface area contributed by atoms with Gasteiger partial charge in [0.15, 0.2) is 15.6 Å². The predicted octanol–water partition coefficient (Wildman–Crippen LogP) is 2.53. The van der Waals surface area contributed by atoms with Crippen molar-refractivity contribution in [2.75, 3.05) is 0 Å². The number of ketones is 1. The molecule has 3 nitrogen and oxygen atoms in total. The molecule has 2 aliphatic carbocycles. The van der Waals surface area contributed by atoms with Crippen LogP contribution in [0.15, 0.2) is 46.4 Å². The summed E-state index contributed by atoms with van der Waals surface area (Å²) in [6.07, 6.45) is 1.68. The number of hydrogen-bond donors (Lipinski definition) is 0. The SMILES string of the molecule is CC1=C2C(=O)CC[C@H]2[C@@H](S(=O)(=O)c2ccccc2)C1. The number of Topliss-reactive ketones (excluding diaryl/α,β-unsaturated/α-hetero) is 1. The van der Waals surface area contributed by atoms with Crippen LogP contribution in [0, 0.1) is 5.92 Å². The summed E-state index contributed by atoms with van der Waals surface area (Å²) in [5, 5.41) is -0.448. The molecule has 0 unspecified atom stereocenters. The topological polar surface area (TPSA) is 51.2 Å². The van der Waals surface area contributed by atoms with Gasteiger partial charge in [-0.2, -0.15) is 0 Å². The van der Waals surface area contributed by atoms with Crippen LogP contribution in [0.25, 0.3) is 0 Å². The Morgan fingerprint density at radius 2 is 1.84 bits per heavy atom. The van der Waals surface area contributed by atoms with Gasteiger partial charge in [0, 0.05) is 12.3 Å². The number of sulfone groups is 1. The minimum atomic E-state index is -3.34. The number of fused-ring (bicyclic) bond motifs is 1. The van der Waals surface area contributed by atoms with Gasteiger partial charge in [0.1, 0.15) is 0 Å². The third-order valence-electron chi connectivity index (χ3n) is 4.24. The molecule has 2 aliphatic rings. The Balaban J connectivity index is 2.00. The van der Waals surface area contributed by atoms with Gasteiger partial charge >= 0.3 is 0 Å². The van der Waals surface area contributed by atoms with Gasteiger partial charge in [-0.3, -0.25) is 4.79 Å². The molecule has 1 fully saturated rings. The van der Waals surface area contributed by atoms with Crippen LogP contribution in [0.4, 0.5) is 0 Å². The van der Waals surface area contributed by atoms with Gasteiger partial charge in [-0.1, -0.05) is 23.8 Å². The number of carbonyl (C=O) groups excluding carboxylic acids is 1. The molecule has 0 N–H and O–H groups in total. The molecular formula is C15H16O3S. The number of carbonyl (C=O) groups is 1. The molecule has 4 heteroatoms. The van der Waals surface area contributed by atoms with Crippen molar-refractivity contribution in [2.24, 2.45) is 5.92 Å². The van der Waals surface area contributed by atoms with Crippen LogP contribution >= 0.6 is 0 Å². The first-order valence-corrected chi connectivity index (χ1v) is 8.08. The minimum absolute atomic E-state index is 0.0855. The lowest BCUT2D eigenvalue weighted by Crippen LogP contribution is -2.26. The van der Waals surface area contributed by atoms with Crippen LogP contribution in [-0.2, 0) is 14.6 Å². The maximum Gasteiger partial charge on any atom is 0.182 e. The van der Waals surface area contributed by atoms with E-state index in [4.69, 9.17) is 0 Å². The van der Waals surface area contributed by atoms with E-state index in [1.54, 1.807) is 24.3 Å². The van der Waals surface area contributed by atoms with Crippen molar-refractivity contribution < 1.29 is 13.2 Å². The molecule has 0 amide bonds. The Morgan fingerprint density at radius 3 is 2.53 bits per heavy atom. The van der Waals surface area contributed by atoms with Crippen molar-refractivity contribution >= 4 is 15.6 Å². The highest BCUT2D eigenvalue weighted by atomic mass is 32.2. The zero-order valence-electron chi connectivity index (χ0n) is 10.8. The predicted molar refractivity (Wildman–Crippen MR) is 72.5 cm³/mol. The summed E-state index contributed by atoms with van der Waals surface area (Å²) < 4.78 is 25.4. The van der Waals surface area contributed by atoms with Gasteiger partial charge in [-0.05, 0) is 37.5 Å². The minimum Gasteiger partial charge on any atom is -0.295 e. The van der Waals surface area contributed by atoms with E-state index in [1.165, 1.54) is 0 Å². The first-order chi connectivity index (χ1) is 9.01. The molecule has 0 heterocycles. The first kappa shape index (κ1) is 12.6. The van der Waals surface area contributed by atoms with Gasteiger partial charge in [-0.25, -0.2) is 8.42 Å². The average molecular weight is 276 g/mol. The number of rotatable bonds is 2. The van der Waals surface area contributed by atoms with Gasteiger partial charge in [0.25, 0.3) is 0 Å². The smallest absolute Gasteiger partial charge is 0.182 e. The summed E-state index contributed by atoms with van der Waals surface area (Å²) in [4.78, 5) is 12.2. The summed E-state index contributed by atoms with van der Waals surface area (Å²) in [6, 6.07) is 8.56. The van der Waals surface area contributed by atoms with E-state index in [1.807, 2.05) is 13.0 Å². The largest absolute Gasteiger partial charge is 0.295 e. The third-order valence-corrected chi connectivity index (χ3v) is 6.46. The standard InChI is InChI=1S/C15H16O3S/c1-10-9-14(12-7-8-13(16)15(10)12)19(17,18)11-5-3-2-4-6-11/h2-6,12,14H,7-9H2,1H3/t12-,14-/m0/s1. The molecule has 2 atom stereocenters. The van der Waals surface area contributed by atoms with Crippen LogP contribution in [0.5, 0.6) is 0 Å². The maximum absolute atomic E-state index is 12.7. The summed E-state index contributed by atoms with van der Waals surface area (Å²) in [5.41, 5.74) is 1.77. The van der Waals surface area contributed by atoms with Gasteiger partial charge in [-0.15, -0.1) is 0 Å². The summed E-state index contributed by atoms with van der Waals surface area (Å²) in [7, 11) is -3.34. The Morgan fingerprint density at radius 1 is 1.16 bits per heavy atom. The molecule has 0 bridgehead atoms. The van der Waals surface area contributed by atoms with Crippen LogP contribution in [0.1, 0.15) is 26.2 Å². The normalized spacial score (nSPS) is 26.9. The van der Waals surface area contributed by atoms with Crippen molar-refractivity contribution in [1.82, 2.24) is 0 Å². The second-order valence-corrected chi connectivity index (χ2v) is 7.53. The molecule has 0 aromatic heterocycles. The Kier molecular flexibility index (Phi) is 2.86. The Labute approximate surface area is 113 Å². The highest BCUT2D eigenvalue weighted by molar-refractivity contribution is 7.92. The fourth-order valence-electron chi connectivity index (χ4n) is 3.36. The monoisotopic (exact) mass is 276 g/mol. The Hall–Kier alpha value is -1.42. The van der Waals surface area contributed by atoms with Crippen LogP contribution in [-0.4, -0.2) is 19.5 Å². The zero-order valence-corrected chi connectivity index (χ0v) is 11.6. The van der Waals surface area contributed by atoms with Crippen molar-refractivity contribution in [1.29, 1.82) is 0 Å². The van der Waals surface area contributed by atoms with E-state index in [-0.39, 0.29) is 11.7 Å². The van der Waals surface area contributed by atoms with E-state index in [0.717, 1.165) is 11.1 Å². The van der Waals surface area contributed by atoms with Gasteiger partial charge in [0.05, 0.1) is 10.1 Å². The molecule has 3 rings (SSSR count). The van der Waals surface area contributed by atoms with E-state index >= 15 is 0 Å². The van der Waals surface area contributed by atoms with E-state index in [2.05, 4.69) is 0 Å². The maximum atomic E-state index is 12.7. The first-order valence-electron chi connectivity index (χ1n) is 6.53. The molecular weight excluding hydrogens is 260 g/mol. The number of hydrogen-bond acceptors (Lipinski definition) is 3. The molecule has 1 aromatic carbocycles. The average Bonchev–Trinajstić information content (AvgIpc) is 2.93. The molecule has 19 heavy (non-hydrogen) atoms. The highest BCUT2D eigenvalue weighted by Crippen LogP contribution is 2.45. The highest BCUT2D eigenvalue weighted by Gasteiger charge is 2.46. The van der Waals surface area contributed by atoms with Crippen molar-refractivity contribution in [3.8, 4) is 0 Å². The third kappa shape index (κ3) is 1.86. The zero-order chi connectivity index (χ0) is 13.6. The van der Waals surface area contributed by atoms with Crippen LogP contribution in [0.2, 0.25) is 0 Å². The molecule has 100 valence electrons. The molecule has 0 aliphatic heterocycles. The molecule has 0 radical (unpaired) electrons. The summed E-state index contributed by atoms with van der Waals surface area (Å²) in [6.45, 7) is 1.89. The lowest BCUT2D eigenvalue weighted by Gasteiger charge is -2.18. The second-order valence-electron chi connectivity index (χ2n) is 5.36. The summed E-state index contributed by atoms with van der Waals surface area (Å²) in [5.74, 6) is 0.0611. The van der Waals surface area contributed by atoms with Crippen molar-refractivity contribution in [2.45, 2.75) is 36.3 Å². The lowest BCUT2D eigenvalue weighted by atomic mass is 10.0. The van der Waals surface area contributed by atoms with Crippen LogP contribution < -0.4 is 0 Å². The fourth-order valence-corrected chi connectivity index (χ4v) is 5.42. The fraction of sp³-hybridized carbons (Fsp3) is 0.400. The second kappa shape index (κ2) is 4.30. The van der Waals surface area contributed by atoms with Gasteiger partial charge < -0.3 is 0 Å². The quantitative estimate of drug-likeness (QED) is 0.834. The summed E-state index contributed by atoms with van der Waals surface area (Å²) >= 11 is 0. The van der Waals surface area contributed by atoms with E-state index < -0.39 is 15.1 Å². The van der Waals surface area contributed by atoms with E-state index in [0.29, 0.717) is 24.2 Å². The van der Waals surface area contributed by atoms with Crippen molar-refractivity contribution in [3.05, 3.63) is 41.5 Å². The molecule has 1 aromatic rings. The van der Waals surface area contributed by atoms with Crippen LogP contribution in [0.3, 0.4) is 0 Å². The van der Waals surface area contributed by atoms with E-state index in [9.17, 15) is 13.2 Å². The van der Waals surface area contributed by atoms with Crippen molar-refractivity contribution in [3.63, 3.8) is 0 Å².